The molecule has 0 atom stereocenters. The summed E-state index contributed by atoms with van der Waals surface area (Å²) in [5.74, 6) is 3.21. The third-order valence-electron chi connectivity index (χ3n) is 0.976. The van der Waals surface area contributed by atoms with Crippen molar-refractivity contribution in [1.82, 2.24) is 0 Å². The highest BCUT2D eigenvalue weighted by atomic mass is 19.4. The Bertz CT molecular complexity index is 155. The molecule has 0 aromatic carbocycles. The van der Waals surface area contributed by atoms with Gasteiger partial charge < -0.3 is 18.1 Å². The second-order valence-electron chi connectivity index (χ2n) is 2.08. The van der Waals surface area contributed by atoms with Crippen LogP contribution >= 0.6 is 0 Å². The van der Waals surface area contributed by atoms with E-state index in [9.17, 15) is 12.9 Å². The second kappa shape index (κ2) is 5.08. The SMILES string of the molecule is OCCCCC#C[B-](F)(F)F. The summed E-state index contributed by atoms with van der Waals surface area (Å²) in [6.45, 7) is -4.93. The van der Waals surface area contributed by atoms with Gasteiger partial charge in [0, 0.05) is 13.0 Å². The van der Waals surface area contributed by atoms with E-state index in [1.807, 2.05) is 5.92 Å². The standard InChI is InChI=1S/C6H9BF3O/c8-7(9,10)5-3-1-2-4-6-11/h11H,1-2,4,6H2/q-1. The Kier molecular flexibility index (Phi) is 4.79. The maximum absolute atomic E-state index is 11.4. The zero-order chi connectivity index (χ0) is 8.74. The molecule has 0 aliphatic heterocycles. The lowest BCUT2D eigenvalue weighted by molar-refractivity contribution is 0.285. The van der Waals surface area contributed by atoms with E-state index in [4.69, 9.17) is 5.11 Å². The molecule has 0 amide bonds. The predicted molar refractivity (Wildman–Crippen MR) is 37.8 cm³/mol. The van der Waals surface area contributed by atoms with Crippen LogP contribution in [0, 0.1) is 11.7 Å². The van der Waals surface area contributed by atoms with Crippen molar-refractivity contribution in [3.63, 3.8) is 0 Å². The van der Waals surface area contributed by atoms with Crippen molar-refractivity contribution < 1.29 is 18.1 Å². The Morgan fingerprint density at radius 2 is 1.82 bits per heavy atom. The summed E-state index contributed by atoms with van der Waals surface area (Å²) in [6, 6.07) is 0. The van der Waals surface area contributed by atoms with Crippen LogP contribution in [0.15, 0.2) is 0 Å². The minimum atomic E-state index is -4.95. The zero-order valence-electron chi connectivity index (χ0n) is 5.99. The van der Waals surface area contributed by atoms with Gasteiger partial charge in [-0.3, -0.25) is 0 Å². The Morgan fingerprint density at radius 1 is 1.18 bits per heavy atom. The maximum Gasteiger partial charge on any atom is 0.557 e. The molecule has 0 aromatic heterocycles. The van der Waals surface area contributed by atoms with Crippen molar-refractivity contribution in [3.8, 4) is 11.7 Å². The Morgan fingerprint density at radius 3 is 2.27 bits per heavy atom. The molecule has 0 aromatic rings. The largest absolute Gasteiger partial charge is 0.557 e. The number of hydrogen-bond acceptors (Lipinski definition) is 1. The molecule has 0 bridgehead atoms. The van der Waals surface area contributed by atoms with E-state index >= 15 is 0 Å². The van der Waals surface area contributed by atoms with Gasteiger partial charge in [-0.1, -0.05) is 0 Å². The summed E-state index contributed by atoms with van der Waals surface area (Å²) < 4.78 is 34.2. The number of hydrogen-bond donors (Lipinski definition) is 1. The highest BCUT2D eigenvalue weighted by molar-refractivity contribution is 6.67. The number of rotatable bonds is 3. The molecule has 0 heterocycles. The van der Waals surface area contributed by atoms with Crippen LogP contribution in [-0.2, 0) is 0 Å². The molecule has 0 radical (unpaired) electrons. The molecular formula is C6H9BF3O-. The van der Waals surface area contributed by atoms with Gasteiger partial charge in [0.25, 0.3) is 0 Å². The summed E-state index contributed by atoms with van der Waals surface area (Å²) in [4.78, 5) is 0. The van der Waals surface area contributed by atoms with Crippen LogP contribution in [0.4, 0.5) is 12.9 Å². The van der Waals surface area contributed by atoms with Gasteiger partial charge in [0.05, 0.1) is 0 Å². The normalized spacial score (nSPS) is 10.5. The van der Waals surface area contributed by atoms with Gasteiger partial charge in [-0.2, -0.15) is 0 Å². The molecule has 64 valence electrons. The van der Waals surface area contributed by atoms with Crippen LogP contribution in [0.25, 0.3) is 0 Å². The van der Waals surface area contributed by atoms with Crippen molar-refractivity contribution in [2.24, 2.45) is 0 Å². The van der Waals surface area contributed by atoms with E-state index in [0.717, 1.165) is 0 Å². The highest BCUT2D eigenvalue weighted by Gasteiger charge is 2.17. The van der Waals surface area contributed by atoms with E-state index in [1.54, 1.807) is 0 Å². The average molecular weight is 165 g/mol. The molecule has 0 saturated carbocycles. The van der Waals surface area contributed by atoms with Crippen molar-refractivity contribution in [2.75, 3.05) is 6.61 Å². The molecule has 11 heavy (non-hydrogen) atoms. The number of unbranched alkanes of at least 4 members (excludes halogenated alkanes) is 2. The van der Waals surface area contributed by atoms with E-state index in [-0.39, 0.29) is 13.0 Å². The fourth-order valence-electron chi connectivity index (χ4n) is 0.513. The van der Waals surface area contributed by atoms with Crippen LogP contribution < -0.4 is 0 Å². The number of aliphatic hydroxyl groups is 1. The third-order valence-corrected chi connectivity index (χ3v) is 0.976. The maximum atomic E-state index is 11.4. The van der Waals surface area contributed by atoms with Gasteiger partial charge in [-0.15, -0.1) is 5.92 Å². The first-order chi connectivity index (χ1) is 5.06. The zero-order valence-corrected chi connectivity index (χ0v) is 5.99. The Balaban J connectivity index is 3.41. The monoisotopic (exact) mass is 165 g/mol. The number of halogens is 3. The lowest BCUT2D eigenvalue weighted by Crippen LogP contribution is -2.10. The Hall–Kier alpha value is -0.625. The highest BCUT2D eigenvalue weighted by Crippen LogP contribution is 2.05. The molecule has 1 nitrogen and oxygen atoms in total. The van der Waals surface area contributed by atoms with Crippen LogP contribution in [0.1, 0.15) is 19.3 Å². The topological polar surface area (TPSA) is 20.2 Å². The fraction of sp³-hybridized carbons (Fsp3) is 0.667. The summed E-state index contributed by atoms with van der Waals surface area (Å²) in [5, 5.41) is 8.26. The average Bonchev–Trinajstić information content (AvgIpc) is 1.85. The fourth-order valence-corrected chi connectivity index (χ4v) is 0.513. The van der Waals surface area contributed by atoms with Gasteiger partial charge in [0.1, 0.15) is 0 Å². The summed E-state index contributed by atoms with van der Waals surface area (Å²) in [5.41, 5.74) is 0. The second-order valence-corrected chi connectivity index (χ2v) is 2.08. The summed E-state index contributed by atoms with van der Waals surface area (Å²) >= 11 is 0. The first-order valence-corrected chi connectivity index (χ1v) is 3.36. The quantitative estimate of drug-likeness (QED) is 0.382. The molecule has 5 heteroatoms. The van der Waals surface area contributed by atoms with Gasteiger partial charge >= 0.3 is 6.98 Å². The van der Waals surface area contributed by atoms with Gasteiger partial charge in [0.15, 0.2) is 0 Å². The lowest BCUT2D eigenvalue weighted by atomic mass is 9.94. The van der Waals surface area contributed by atoms with E-state index < -0.39 is 6.98 Å². The molecule has 0 spiro atoms. The molecule has 1 N–H and O–H groups in total. The first-order valence-electron chi connectivity index (χ1n) is 3.36. The van der Waals surface area contributed by atoms with Crippen molar-refractivity contribution in [2.45, 2.75) is 19.3 Å². The molecule has 0 aliphatic carbocycles. The predicted octanol–water partition coefficient (Wildman–Crippen LogP) is 1.54. The van der Waals surface area contributed by atoms with E-state index in [0.29, 0.717) is 12.8 Å². The smallest absolute Gasteiger partial charge is 0.438 e. The molecule has 0 saturated heterocycles. The van der Waals surface area contributed by atoms with Crippen molar-refractivity contribution in [1.29, 1.82) is 0 Å². The molecule has 0 fully saturated rings. The summed E-state index contributed by atoms with van der Waals surface area (Å²) in [6.07, 6.45) is 1.25. The van der Waals surface area contributed by atoms with Crippen LogP contribution in [0.3, 0.4) is 0 Å². The van der Waals surface area contributed by atoms with Gasteiger partial charge in [-0.25, -0.2) is 5.82 Å². The van der Waals surface area contributed by atoms with Gasteiger partial charge in [0.2, 0.25) is 0 Å². The minimum Gasteiger partial charge on any atom is -0.438 e. The molecular weight excluding hydrogens is 156 g/mol. The van der Waals surface area contributed by atoms with Crippen LogP contribution in [0.2, 0.25) is 0 Å². The summed E-state index contributed by atoms with van der Waals surface area (Å²) in [7, 11) is 0. The third kappa shape index (κ3) is 9.37. The Labute approximate surface area is 63.7 Å². The number of aliphatic hydroxyl groups excluding tert-OH is 1. The van der Waals surface area contributed by atoms with Crippen molar-refractivity contribution >= 4 is 6.98 Å². The molecule has 0 aliphatic rings. The van der Waals surface area contributed by atoms with E-state index in [1.165, 1.54) is 5.82 Å². The van der Waals surface area contributed by atoms with Crippen LogP contribution in [-0.4, -0.2) is 18.7 Å². The molecule has 0 rings (SSSR count). The lowest BCUT2D eigenvalue weighted by Gasteiger charge is -2.01. The van der Waals surface area contributed by atoms with E-state index in [2.05, 4.69) is 0 Å². The van der Waals surface area contributed by atoms with Crippen LogP contribution in [0.5, 0.6) is 0 Å². The molecule has 0 unspecified atom stereocenters. The minimum absolute atomic E-state index is 0.0127. The first kappa shape index (κ1) is 10.4. The van der Waals surface area contributed by atoms with Crippen molar-refractivity contribution in [3.05, 3.63) is 0 Å². The van der Waals surface area contributed by atoms with Gasteiger partial charge in [-0.05, 0) is 12.8 Å².